The van der Waals surface area contributed by atoms with Crippen molar-refractivity contribution >= 4 is 64.9 Å². The second-order valence-electron chi connectivity index (χ2n) is 17.3. The normalized spacial score (nSPS) is 13.7. The van der Waals surface area contributed by atoms with Gasteiger partial charge in [0.25, 0.3) is 0 Å². The third-order valence-corrected chi connectivity index (χ3v) is 17.1. The van der Waals surface area contributed by atoms with E-state index in [4.69, 9.17) is 27.9 Å². The van der Waals surface area contributed by atoms with Gasteiger partial charge in [0.2, 0.25) is 10.6 Å². The summed E-state index contributed by atoms with van der Waals surface area (Å²) in [6.07, 6.45) is 21.1. The lowest BCUT2D eigenvalue weighted by Crippen LogP contribution is -2.31. The summed E-state index contributed by atoms with van der Waals surface area (Å²) >= 11 is 14.3. The molecule has 2 aromatic heterocycles. The van der Waals surface area contributed by atoms with Crippen molar-refractivity contribution in [1.29, 1.82) is 0 Å². The number of aryl methyl sites for hydroxylation is 1. The topological polar surface area (TPSA) is 101 Å². The van der Waals surface area contributed by atoms with Crippen LogP contribution >= 0.6 is 47.1 Å². The van der Waals surface area contributed by atoms with E-state index in [2.05, 4.69) is 110 Å². The minimum absolute atomic E-state index is 0.122. The van der Waals surface area contributed by atoms with E-state index in [0.29, 0.717) is 5.46 Å². The SMILES string of the molecule is COc1cccc(C)c1-c1ccccc1P(C1CCCCC1)C1CCCCC1.Clc1ncc(-c2ccccc2-c2ccccc2)cn1.Clc1ncc(Br)cn1.OB(O)c1ccccc1-c1ccccc1. The summed E-state index contributed by atoms with van der Waals surface area (Å²) < 4.78 is 6.65. The quantitative estimate of drug-likeness (QED) is 0.0843. The molecule has 358 valence electrons. The average Bonchev–Trinajstić information content (AvgIpc) is 3.41. The molecule has 0 saturated heterocycles. The third kappa shape index (κ3) is 14.7. The Morgan fingerprint density at radius 2 is 0.957 bits per heavy atom. The number of rotatable bonds is 9. The Morgan fingerprint density at radius 3 is 1.47 bits per heavy atom. The van der Waals surface area contributed by atoms with E-state index >= 15 is 0 Å². The highest BCUT2D eigenvalue weighted by atomic mass is 79.9. The monoisotopic (exact) mass is 1050 g/mol. The van der Waals surface area contributed by atoms with Crippen molar-refractivity contribution in [3.8, 4) is 50.3 Å². The molecule has 2 fully saturated rings. The first-order valence-corrected chi connectivity index (χ1v) is 27.0. The lowest BCUT2D eigenvalue weighted by molar-refractivity contribution is 0.416. The molecule has 2 N–H and O–H groups in total. The number of aromatic nitrogens is 4. The zero-order chi connectivity index (χ0) is 49.1. The average molecular weight is 1050 g/mol. The number of hydrogen-bond donors (Lipinski definition) is 2. The van der Waals surface area contributed by atoms with Crippen LogP contribution in [0.25, 0.3) is 44.5 Å². The molecule has 10 rings (SSSR count). The largest absolute Gasteiger partial charge is 0.496 e. The molecule has 2 aliphatic rings. The zero-order valence-electron chi connectivity index (χ0n) is 39.7. The minimum atomic E-state index is -1.43. The molecule has 0 atom stereocenters. The molecule has 6 aromatic carbocycles. The highest BCUT2D eigenvalue weighted by Crippen LogP contribution is 2.56. The van der Waals surface area contributed by atoms with Crippen LogP contribution in [0.2, 0.25) is 10.6 Å². The maximum absolute atomic E-state index is 9.22. The van der Waals surface area contributed by atoms with Crippen molar-refractivity contribution in [2.75, 3.05) is 7.11 Å². The highest BCUT2D eigenvalue weighted by Gasteiger charge is 2.34. The second kappa shape index (κ2) is 27.4. The van der Waals surface area contributed by atoms with E-state index in [1.54, 1.807) is 42.2 Å². The summed E-state index contributed by atoms with van der Waals surface area (Å²) in [5.41, 5.74) is 12.7. The Labute approximate surface area is 433 Å². The molecule has 12 heteroatoms. The zero-order valence-corrected chi connectivity index (χ0v) is 43.7. The van der Waals surface area contributed by atoms with Crippen molar-refractivity contribution in [2.24, 2.45) is 0 Å². The summed E-state index contributed by atoms with van der Waals surface area (Å²) in [5.74, 6) is 1.02. The van der Waals surface area contributed by atoms with Gasteiger partial charge in [0.1, 0.15) is 5.75 Å². The van der Waals surface area contributed by atoms with Crippen LogP contribution in [0, 0.1) is 6.92 Å². The van der Waals surface area contributed by atoms with Gasteiger partial charge in [0.15, 0.2) is 0 Å². The fraction of sp³-hybridized carbons (Fsp3) is 0.241. The molecule has 2 heterocycles. The molecule has 70 heavy (non-hydrogen) atoms. The molecule has 0 bridgehead atoms. The molecule has 0 spiro atoms. The lowest BCUT2D eigenvalue weighted by Gasteiger charge is -2.39. The fourth-order valence-electron chi connectivity index (χ4n) is 9.43. The lowest BCUT2D eigenvalue weighted by atomic mass is 9.75. The summed E-state index contributed by atoms with van der Waals surface area (Å²) in [7, 11) is 0.260. The molecule has 8 aromatic rings. The van der Waals surface area contributed by atoms with Crippen molar-refractivity contribution < 1.29 is 14.8 Å². The molecule has 0 aliphatic heterocycles. The van der Waals surface area contributed by atoms with Crippen molar-refractivity contribution in [1.82, 2.24) is 19.9 Å². The smallest absolute Gasteiger partial charge is 0.489 e. The molecule has 2 saturated carbocycles. The van der Waals surface area contributed by atoms with Crippen LogP contribution in [-0.2, 0) is 0 Å². The van der Waals surface area contributed by atoms with E-state index in [1.807, 2.05) is 79.9 Å². The van der Waals surface area contributed by atoms with Crippen LogP contribution in [0.1, 0.15) is 69.8 Å². The van der Waals surface area contributed by atoms with Crippen LogP contribution in [-0.4, -0.2) is 55.5 Å². The van der Waals surface area contributed by atoms with Crippen LogP contribution < -0.4 is 15.5 Å². The first-order valence-electron chi connectivity index (χ1n) is 24.0. The first-order chi connectivity index (χ1) is 34.2. The summed E-state index contributed by atoms with van der Waals surface area (Å²) in [5, 5.41) is 20.6. The number of methoxy groups -OCH3 is 1. The van der Waals surface area contributed by atoms with Gasteiger partial charge in [-0.2, -0.15) is 0 Å². The molecule has 0 unspecified atom stereocenters. The Bertz CT molecular complexity index is 2780. The van der Waals surface area contributed by atoms with Crippen LogP contribution in [0.5, 0.6) is 5.75 Å². The second-order valence-corrected chi connectivity index (χ2v) is 21.7. The van der Waals surface area contributed by atoms with Crippen molar-refractivity contribution in [3.63, 3.8) is 0 Å². The molecule has 2 aliphatic carbocycles. The first kappa shape index (κ1) is 52.6. The van der Waals surface area contributed by atoms with Crippen molar-refractivity contribution in [2.45, 2.75) is 82.4 Å². The van der Waals surface area contributed by atoms with E-state index in [0.717, 1.165) is 49.4 Å². The van der Waals surface area contributed by atoms with Gasteiger partial charge in [0, 0.05) is 35.9 Å². The third-order valence-electron chi connectivity index (χ3n) is 12.7. The van der Waals surface area contributed by atoms with Gasteiger partial charge in [-0.05, 0) is 139 Å². The molecular weight excluding hydrogens is 993 g/mol. The molecule has 7 nitrogen and oxygen atoms in total. The van der Waals surface area contributed by atoms with Gasteiger partial charge in [-0.1, -0.05) is 192 Å². The van der Waals surface area contributed by atoms with Gasteiger partial charge < -0.3 is 14.8 Å². The summed E-state index contributed by atoms with van der Waals surface area (Å²) in [6, 6.07) is 51.2. The molecule has 0 amide bonds. The number of hydrogen-bond acceptors (Lipinski definition) is 7. The van der Waals surface area contributed by atoms with E-state index in [9.17, 15) is 10.0 Å². The predicted molar refractivity (Wildman–Crippen MR) is 298 cm³/mol. The summed E-state index contributed by atoms with van der Waals surface area (Å²) in [4.78, 5) is 15.5. The fourth-order valence-corrected chi connectivity index (χ4v) is 13.8. The van der Waals surface area contributed by atoms with Gasteiger partial charge in [-0.3, -0.25) is 0 Å². The van der Waals surface area contributed by atoms with E-state index < -0.39 is 7.12 Å². The van der Waals surface area contributed by atoms with Crippen LogP contribution in [0.3, 0.4) is 0 Å². The molecule has 0 radical (unpaired) electrons. The predicted octanol–water partition coefficient (Wildman–Crippen LogP) is 14.8. The number of nitrogens with zero attached hydrogens (tertiary/aromatic N) is 4. The Morgan fingerprint density at radius 1 is 0.514 bits per heavy atom. The summed E-state index contributed by atoms with van der Waals surface area (Å²) in [6.45, 7) is 2.23. The van der Waals surface area contributed by atoms with Crippen LogP contribution in [0.4, 0.5) is 0 Å². The minimum Gasteiger partial charge on any atom is -0.496 e. The van der Waals surface area contributed by atoms with Crippen molar-refractivity contribution in [3.05, 3.63) is 197 Å². The number of ether oxygens (including phenoxy) is 1. The van der Waals surface area contributed by atoms with E-state index in [1.165, 1.54) is 86.5 Å². The standard InChI is InChI=1S/C26H35OP.C16H11ClN2.C12H11BO2.C4H2BrClN2/c1-20-12-11-18-24(27-2)26(20)23-17-9-10-19-25(23)28(21-13-5-3-6-14-21)22-15-7-4-8-16-22;17-16-18-10-13(11-19-16)15-9-5-4-8-14(15)12-6-2-1-3-7-12;14-13(15)12-9-5-4-8-11(12)10-6-2-1-3-7-10;5-3-1-7-4(6)8-2-3/h9-12,17-19,21-22H,3-8,13-16H2,1-2H3;1-11H;1-9,14-15H;1-2H. The van der Waals surface area contributed by atoms with E-state index in [-0.39, 0.29) is 18.5 Å². The van der Waals surface area contributed by atoms with Gasteiger partial charge in [-0.15, -0.1) is 0 Å². The number of halogens is 3. The highest BCUT2D eigenvalue weighted by molar-refractivity contribution is 9.10. The maximum atomic E-state index is 9.22. The Kier molecular flexibility index (Phi) is 20.6. The Hall–Kier alpha value is -5.25. The van der Waals surface area contributed by atoms with Gasteiger partial charge in [-0.25, -0.2) is 19.9 Å². The maximum Gasteiger partial charge on any atom is 0.489 e. The Balaban J connectivity index is 0.000000149. The van der Waals surface area contributed by atoms with Crippen LogP contribution in [0.15, 0.2) is 181 Å². The molecular formula is C58H59BBrCl2N4O3P. The van der Waals surface area contributed by atoms with Gasteiger partial charge >= 0.3 is 7.12 Å². The number of benzene rings is 6. The van der Waals surface area contributed by atoms with Gasteiger partial charge in [0.05, 0.1) is 11.6 Å².